The molecular weight excluding hydrogens is 294 g/mol. The third kappa shape index (κ3) is 2.56. The molecular formula is C16H19N5O2. The van der Waals surface area contributed by atoms with Gasteiger partial charge in [0.25, 0.3) is 5.91 Å². The van der Waals surface area contributed by atoms with E-state index in [2.05, 4.69) is 10.1 Å². The zero-order valence-corrected chi connectivity index (χ0v) is 12.9. The van der Waals surface area contributed by atoms with E-state index >= 15 is 0 Å². The second-order valence-corrected chi connectivity index (χ2v) is 6.20. The van der Waals surface area contributed by atoms with Gasteiger partial charge in [-0.3, -0.25) is 9.59 Å². The number of hydrogen-bond donors (Lipinski definition) is 0. The van der Waals surface area contributed by atoms with E-state index in [9.17, 15) is 9.59 Å². The van der Waals surface area contributed by atoms with E-state index in [-0.39, 0.29) is 18.4 Å². The Morgan fingerprint density at radius 1 is 1.22 bits per heavy atom. The fourth-order valence-corrected chi connectivity index (χ4v) is 3.56. The lowest BCUT2D eigenvalue weighted by molar-refractivity contribution is -0.137. The number of rotatable bonds is 2. The monoisotopic (exact) mass is 313 g/mol. The van der Waals surface area contributed by atoms with Crippen LogP contribution in [0.1, 0.15) is 36.2 Å². The molecule has 1 saturated heterocycles. The largest absolute Gasteiger partial charge is 0.336 e. The molecule has 0 aromatic carbocycles. The van der Waals surface area contributed by atoms with Crippen LogP contribution in [0.4, 0.5) is 0 Å². The predicted molar refractivity (Wildman–Crippen MR) is 82.9 cm³/mol. The van der Waals surface area contributed by atoms with Gasteiger partial charge in [0.1, 0.15) is 6.54 Å². The molecule has 3 heterocycles. The summed E-state index contributed by atoms with van der Waals surface area (Å²) in [5.74, 6) is -0.145. The van der Waals surface area contributed by atoms with Gasteiger partial charge in [0.05, 0.1) is 0 Å². The molecule has 0 bridgehead atoms. The average Bonchev–Trinajstić information content (AvgIpc) is 3.23. The number of nitrogens with zero attached hydrogens (tertiary/aromatic N) is 5. The zero-order valence-electron chi connectivity index (χ0n) is 12.9. The van der Waals surface area contributed by atoms with Crippen molar-refractivity contribution in [3.05, 3.63) is 30.2 Å². The Balaban J connectivity index is 1.48. The number of aromatic nitrogens is 3. The fourth-order valence-electron chi connectivity index (χ4n) is 3.56. The van der Waals surface area contributed by atoms with Crippen molar-refractivity contribution in [3.8, 4) is 0 Å². The van der Waals surface area contributed by atoms with Crippen molar-refractivity contribution in [3.63, 3.8) is 0 Å². The topological polar surface area (TPSA) is 70.8 Å². The summed E-state index contributed by atoms with van der Waals surface area (Å²) in [5, 5.41) is 4.25. The summed E-state index contributed by atoms with van der Waals surface area (Å²) in [6.07, 6.45) is 8.00. The molecule has 0 unspecified atom stereocenters. The van der Waals surface area contributed by atoms with Crippen molar-refractivity contribution in [1.82, 2.24) is 24.4 Å². The van der Waals surface area contributed by atoms with E-state index < -0.39 is 0 Å². The molecule has 2 aromatic heterocycles. The maximum absolute atomic E-state index is 12.6. The van der Waals surface area contributed by atoms with E-state index in [0.717, 1.165) is 12.8 Å². The lowest BCUT2D eigenvalue weighted by atomic mass is 10.1. The van der Waals surface area contributed by atoms with Gasteiger partial charge < -0.3 is 9.80 Å². The highest BCUT2D eigenvalue weighted by molar-refractivity contribution is 5.96. The number of carbonyl (C=O) groups excluding carboxylic acids is 2. The molecule has 0 N–H and O–H groups in total. The Kier molecular flexibility index (Phi) is 3.48. The number of hydrogen-bond acceptors (Lipinski definition) is 4. The molecule has 4 rings (SSSR count). The first-order valence-corrected chi connectivity index (χ1v) is 8.11. The van der Waals surface area contributed by atoms with E-state index in [1.807, 2.05) is 4.90 Å². The minimum atomic E-state index is -0.199. The first kappa shape index (κ1) is 14.2. The Hall–Kier alpha value is -2.44. The van der Waals surface area contributed by atoms with Crippen molar-refractivity contribution in [2.75, 3.05) is 19.6 Å². The molecule has 1 aliphatic carbocycles. The quantitative estimate of drug-likeness (QED) is 0.828. The first-order valence-electron chi connectivity index (χ1n) is 8.11. The molecule has 1 saturated carbocycles. The highest BCUT2D eigenvalue weighted by Gasteiger charge is 2.33. The maximum atomic E-state index is 12.6. The summed E-state index contributed by atoms with van der Waals surface area (Å²) in [5.41, 5.74) is 0.970. The van der Waals surface area contributed by atoms with Crippen LogP contribution in [-0.2, 0) is 4.79 Å². The molecule has 7 heteroatoms. The Bertz CT molecular complexity index is 717. The average molecular weight is 313 g/mol. The predicted octanol–water partition coefficient (Wildman–Crippen LogP) is 0.956. The Morgan fingerprint density at radius 2 is 2.04 bits per heavy atom. The van der Waals surface area contributed by atoms with Crippen molar-refractivity contribution in [2.45, 2.75) is 31.7 Å². The van der Waals surface area contributed by atoms with Crippen molar-refractivity contribution < 1.29 is 9.59 Å². The van der Waals surface area contributed by atoms with Gasteiger partial charge >= 0.3 is 0 Å². The molecule has 2 fully saturated rings. The number of fused-ring (bicyclic) bond motifs is 1. The lowest BCUT2D eigenvalue weighted by Crippen LogP contribution is -2.55. The van der Waals surface area contributed by atoms with Gasteiger partial charge in [-0.05, 0) is 18.9 Å². The summed E-state index contributed by atoms with van der Waals surface area (Å²) in [4.78, 5) is 32.7. The first-order chi connectivity index (χ1) is 11.2. The lowest BCUT2D eigenvalue weighted by Gasteiger charge is -2.37. The molecule has 2 amide bonds. The van der Waals surface area contributed by atoms with Crippen molar-refractivity contribution in [2.24, 2.45) is 0 Å². The van der Waals surface area contributed by atoms with Gasteiger partial charge in [0.15, 0.2) is 11.3 Å². The number of amides is 2. The SMILES string of the molecule is O=C(c1cc2ncccn2n1)N1CCN(C2CCCC2)C(=O)C1. The van der Waals surface area contributed by atoms with E-state index in [4.69, 9.17) is 0 Å². The van der Waals surface area contributed by atoms with Gasteiger partial charge in [-0.15, -0.1) is 0 Å². The third-order valence-corrected chi connectivity index (χ3v) is 4.77. The minimum Gasteiger partial charge on any atom is -0.336 e. The molecule has 120 valence electrons. The summed E-state index contributed by atoms with van der Waals surface area (Å²) in [7, 11) is 0. The van der Waals surface area contributed by atoms with Crippen molar-refractivity contribution in [1.29, 1.82) is 0 Å². The van der Waals surface area contributed by atoms with Crippen LogP contribution in [-0.4, -0.2) is 61.9 Å². The smallest absolute Gasteiger partial charge is 0.274 e. The number of piperazine rings is 1. The molecule has 0 spiro atoms. The molecule has 7 nitrogen and oxygen atoms in total. The van der Waals surface area contributed by atoms with Crippen LogP contribution in [0.25, 0.3) is 5.65 Å². The van der Waals surface area contributed by atoms with Crippen LogP contribution in [0.2, 0.25) is 0 Å². The van der Waals surface area contributed by atoms with E-state index in [0.29, 0.717) is 30.5 Å². The highest BCUT2D eigenvalue weighted by Crippen LogP contribution is 2.25. The van der Waals surface area contributed by atoms with Crippen LogP contribution < -0.4 is 0 Å². The standard InChI is InChI=1S/C16H19N5O2/c22-15-11-19(8-9-20(15)12-4-1-2-5-12)16(23)13-10-14-17-6-3-7-21(14)18-13/h3,6-7,10,12H,1-2,4-5,8-9,11H2. The summed E-state index contributed by atoms with van der Waals surface area (Å²) in [6.45, 7) is 1.35. The van der Waals surface area contributed by atoms with Gasteiger partial charge in [-0.25, -0.2) is 9.50 Å². The van der Waals surface area contributed by atoms with Gasteiger partial charge in [0, 0.05) is 37.6 Å². The molecule has 2 aliphatic rings. The second kappa shape index (κ2) is 5.64. The fraction of sp³-hybridized carbons (Fsp3) is 0.500. The van der Waals surface area contributed by atoms with Crippen LogP contribution in [0, 0.1) is 0 Å². The van der Waals surface area contributed by atoms with E-state index in [1.54, 1.807) is 33.9 Å². The minimum absolute atomic E-state index is 0.0541. The Labute approximate surface area is 133 Å². The van der Waals surface area contributed by atoms with Crippen LogP contribution in [0.5, 0.6) is 0 Å². The van der Waals surface area contributed by atoms with Crippen LogP contribution in [0.15, 0.2) is 24.5 Å². The van der Waals surface area contributed by atoms with Crippen LogP contribution in [0.3, 0.4) is 0 Å². The Morgan fingerprint density at radius 3 is 2.78 bits per heavy atom. The van der Waals surface area contributed by atoms with Crippen molar-refractivity contribution >= 4 is 17.5 Å². The molecule has 2 aromatic rings. The summed E-state index contributed by atoms with van der Waals surface area (Å²) >= 11 is 0. The highest BCUT2D eigenvalue weighted by atomic mass is 16.2. The third-order valence-electron chi connectivity index (χ3n) is 4.77. The molecule has 1 aliphatic heterocycles. The molecule has 0 radical (unpaired) electrons. The second-order valence-electron chi connectivity index (χ2n) is 6.20. The summed E-state index contributed by atoms with van der Waals surface area (Å²) < 4.78 is 1.57. The van der Waals surface area contributed by atoms with Gasteiger partial charge in [-0.1, -0.05) is 12.8 Å². The molecule has 0 atom stereocenters. The van der Waals surface area contributed by atoms with E-state index in [1.165, 1.54) is 12.8 Å². The van der Waals surface area contributed by atoms with Crippen LogP contribution >= 0.6 is 0 Å². The number of carbonyl (C=O) groups is 2. The van der Waals surface area contributed by atoms with Gasteiger partial charge in [0.2, 0.25) is 5.91 Å². The maximum Gasteiger partial charge on any atom is 0.274 e. The zero-order chi connectivity index (χ0) is 15.8. The van der Waals surface area contributed by atoms with Gasteiger partial charge in [-0.2, -0.15) is 5.10 Å². The molecule has 23 heavy (non-hydrogen) atoms. The normalized spacial score (nSPS) is 19.7. The summed E-state index contributed by atoms with van der Waals surface area (Å²) in [6, 6.07) is 3.80.